The molecule has 22 heavy (non-hydrogen) atoms. The van der Waals surface area contributed by atoms with E-state index in [0.717, 1.165) is 10.6 Å². The van der Waals surface area contributed by atoms with Crippen LogP contribution in [0.5, 0.6) is 5.88 Å². The first-order valence-electron chi connectivity index (χ1n) is 6.47. The van der Waals surface area contributed by atoms with Crippen LogP contribution in [0.3, 0.4) is 0 Å². The van der Waals surface area contributed by atoms with Crippen molar-refractivity contribution >= 4 is 22.4 Å². The van der Waals surface area contributed by atoms with E-state index in [1.165, 1.54) is 18.4 Å². The molecule has 0 saturated heterocycles. The second-order valence-corrected chi connectivity index (χ2v) is 5.27. The number of methoxy groups -OCH3 is 1. The predicted molar refractivity (Wildman–Crippen MR) is 84.1 cm³/mol. The molecule has 3 rings (SSSR count). The van der Waals surface area contributed by atoms with Crippen LogP contribution in [0, 0.1) is 0 Å². The van der Waals surface area contributed by atoms with Crippen LogP contribution < -0.4 is 10.1 Å². The van der Waals surface area contributed by atoms with Gasteiger partial charge in [-0.25, -0.2) is 4.98 Å². The lowest BCUT2D eigenvalue weighted by Gasteiger charge is -2.05. The molecule has 3 aromatic rings. The van der Waals surface area contributed by atoms with Crippen LogP contribution in [0.15, 0.2) is 48.7 Å². The molecule has 110 valence electrons. The summed E-state index contributed by atoms with van der Waals surface area (Å²) in [6.07, 6.45) is 1.56. The van der Waals surface area contributed by atoms with Gasteiger partial charge in [-0.2, -0.15) is 0 Å². The number of carbonyl (C=O) groups is 1. The monoisotopic (exact) mass is 312 g/mol. The van der Waals surface area contributed by atoms with Gasteiger partial charge in [0, 0.05) is 11.8 Å². The molecule has 7 heteroatoms. The molecule has 0 fully saturated rings. The van der Waals surface area contributed by atoms with Gasteiger partial charge in [-0.3, -0.25) is 10.1 Å². The number of nitrogens with one attached hydrogen (secondary N) is 1. The maximum atomic E-state index is 12.2. The summed E-state index contributed by atoms with van der Waals surface area (Å²) in [6.45, 7) is 0. The average Bonchev–Trinajstić information content (AvgIpc) is 3.04. The summed E-state index contributed by atoms with van der Waals surface area (Å²) in [5, 5.41) is 12.0. The minimum atomic E-state index is -0.333. The molecule has 2 aromatic heterocycles. The van der Waals surface area contributed by atoms with Gasteiger partial charge in [-0.15, -0.1) is 10.2 Å². The van der Waals surface area contributed by atoms with Crippen LogP contribution in [0.4, 0.5) is 5.13 Å². The molecule has 1 N–H and O–H groups in total. The number of benzene rings is 1. The van der Waals surface area contributed by atoms with Crippen LogP contribution in [0.1, 0.15) is 10.4 Å². The first-order chi connectivity index (χ1) is 10.8. The molecule has 1 amide bonds. The van der Waals surface area contributed by atoms with E-state index in [0.29, 0.717) is 10.7 Å². The Morgan fingerprint density at radius 2 is 1.95 bits per heavy atom. The van der Waals surface area contributed by atoms with E-state index in [1.807, 2.05) is 30.3 Å². The molecule has 0 aliphatic rings. The Kier molecular flexibility index (Phi) is 4.06. The van der Waals surface area contributed by atoms with E-state index in [9.17, 15) is 4.79 Å². The molecular formula is C15H12N4O2S. The Bertz CT molecular complexity index is 789. The fourth-order valence-corrected chi connectivity index (χ4v) is 2.61. The maximum Gasteiger partial charge on any atom is 0.262 e. The third-order valence-corrected chi connectivity index (χ3v) is 3.76. The smallest absolute Gasteiger partial charge is 0.262 e. The van der Waals surface area contributed by atoms with E-state index in [-0.39, 0.29) is 11.8 Å². The molecule has 0 aliphatic carbocycles. The van der Waals surface area contributed by atoms with E-state index in [2.05, 4.69) is 20.5 Å². The minimum Gasteiger partial charge on any atom is -0.480 e. The van der Waals surface area contributed by atoms with Crippen molar-refractivity contribution in [1.29, 1.82) is 0 Å². The fourth-order valence-electron chi connectivity index (χ4n) is 1.86. The van der Waals surface area contributed by atoms with Crippen molar-refractivity contribution in [2.24, 2.45) is 0 Å². The summed E-state index contributed by atoms with van der Waals surface area (Å²) >= 11 is 1.31. The number of pyridine rings is 1. The van der Waals surface area contributed by atoms with Gasteiger partial charge in [0.1, 0.15) is 10.6 Å². The van der Waals surface area contributed by atoms with Crippen LogP contribution in [0.2, 0.25) is 0 Å². The van der Waals surface area contributed by atoms with Crippen molar-refractivity contribution in [2.45, 2.75) is 0 Å². The normalized spacial score (nSPS) is 10.2. The fraction of sp³-hybridized carbons (Fsp3) is 0.0667. The van der Waals surface area contributed by atoms with Crippen LogP contribution in [0.25, 0.3) is 10.6 Å². The minimum absolute atomic E-state index is 0.271. The molecule has 0 bridgehead atoms. The molecular weight excluding hydrogens is 300 g/mol. The Morgan fingerprint density at radius 3 is 2.73 bits per heavy atom. The summed E-state index contributed by atoms with van der Waals surface area (Å²) in [7, 11) is 1.47. The summed E-state index contributed by atoms with van der Waals surface area (Å²) in [5.74, 6) is -0.0616. The first kappa shape index (κ1) is 14.2. The van der Waals surface area contributed by atoms with Gasteiger partial charge in [-0.1, -0.05) is 41.7 Å². The Hall–Kier alpha value is -2.80. The molecule has 0 spiro atoms. The first-order valence-corrected chi connectivity index (χ1v) is 7.29. The second kappa shape index (κ2) is 6.31. The largest absolute Gasteiger partial charge is 0.480 e. The molecule has 0 unspecified atom stereocenters. The lowest BCUT2D eigenvalue weighted by Crippen LogP contribution is -2.13. The maximum absolute atomic E-state index is 12.2. The number of ether oxygens (including phenoxy) is 1. The SMILES string of the molecule is COc1ncccc1C(=O)Nc1nnc(-c2ccccc2)s1. The third kappa shape index (κ3) is 2.94. The highest BCUT2D eigenvalue weighted by atomic mass is 32.1. The molecule has 2 heterocycles. The van der Waals surface area contributed by atoms with Gasteiger partial charge < -0.3 is 4.74 Å². The van der Waals surface area contributed by atoms with Gasteiger partial charge in [0.15, 0.2) is 0 Å². The van der Waals surface area contributed by atoms with E-state index >= 15 is 0 Å². The van der Waals surface area contributed by atoms with Gasteiger partial charge >= 0.3 is 0 Å². The van der Waals surface area contributed by atoms with Crippen LogP contribution in [-0.2, 0) is 0 Å². The molecule has 0 aliphatic heterocycles. The summed E-state index contributed by atoms with van der Waals surface area (Å²) in [5.41, 5.74) is 1.31. The quantitative estimate of drug-likeness (QED) is 0.801. The highest BCUT2D eigenvalue weighted by molar-refractivity contribution is 7.18. The molecule has 0 atom stereocenters. The van der Waals surface area contributed by atoms with Gasteiger partial charge in [-0.05, 0) is 12.1 Å². The molecule has 6 nitrogen and oxygen atoms in total. The van der Waals surface area contributed by atoms with Crippen molar-refractivity contribution in [1.82, 2.24) is 15.2 Å². The zero-order valence-electron chi connectivity index (χ0n) is 11.7. The summed E-state index contributed by atoms with van der Waals surface area (Å²) in [4.78, 5) is 16.2. The van der Waals surface area contributed by atoms with E-state index in [4.69, 9.17) is 4.74 Å². The number of hydrogen-bond donors (Lipinski definition) is 1. The highest BCUT2D eigenvalue weighted by Gasteiger charge is 2.15. The zero-order chi connectivity index (χ0) is 15.4. The molecule has 0 radical (unpaired) electrons. The number of rotatable bonds is 4. The predicted octanol–water partition coefficient (Wildman–Crippen LogP) is 2.86. The molecule has 1 aromatic carbocycles. The van der Waals surface area contributed by atoms with Gasteiger partial charge in [0.25, 0.3) is 5.91 Å². The number of carbonyl (C=O) groups excluding carboxylic acids is 1. The van der Waals surface area contributed by atoms with E-state index in [1.54, 1.807) is 18.3 Å². The van der Waals surface area contributed by atoms with Crippen molar-refractivity contribution in [3.8, 4) is 16.5 Å². The topological polar surface area (TPSA) is 77.0 Å². The number of hydrogen-bond acceptors (Lipinski definition) is 6. The van der Waals surface area contributed by atoms with Crippen LogP contribution in [-0.4, -0.2) is 28.2 Å². The Morgan fingerprint density at radius 1 is 1.14 bits per heavy atom. The Labute approximate surface area is 130 Å². The second-order valence-electron chi connectivity index (χ2n) is 4.29. The van der Waals surface area contributed by atoms with Crippen molar-refractivity contribution in [2.75, 3.05) is 12.4 Å². The van der Waals surface area contributed by atoms with Crippen molar-refractivity contribution in [3.05, 3.63) is 54.2 Å². The lowest BCUT2D eigenvalue weighted by atomic mass is 10.2. The number of anilines is 1. The zero-order valence-corrected chi connectivity index (χ0v) is 12.5. The summed E-state index contributed by atoms with van der Waals surface area (Å²) in [6, 6.07) is 13.0. The third-order valence-electron chi connectivity index (χ3n) is 2.88. The number of aromatic nitrogens is 3. The summed E-state index contributed by atoms with van der Waals surface area (Å²) < 4.78 is 5.07. The van der Waals surface area contributed by atoms with Crippen molar-refractivity contribution < 1.29 is 9.53 Å². The average molecular weight is 312 g/mol. The molecule has 0 saturated carbocycles. The van der Waals surface area contributed by atoms with Crippen LogP contribution >= 0.6 is 11.3 Å². The highest BCUT2D eigenvalue weighted by Crippen LogP contribution is 2.26. The van der Waals surface area contributed by atoms with Gasteiger partial charge in [0.05, 0.1) is 7.11 Å². The lowest BCUT2D eigenvalue weighted by molar-refractivity contribution is 0.102. The van der Waals surface area contributed by atoms with E-state index < -0.39 is 0 Å². The Balaban J connectivity index is 1.79. The van der Waals surface area contributed by atoms with Gasteiger partial charge in [0.2, 0.25) is 11.0 Å². The van der Waals surface area contributed by atoms with Crippen molar-refractivity contribution in [3.63, 3.8) is 0 Å². The standard InChI is InChI=1S/C15H12N4O2S/c1-21-13-11(8-5-9-16-13)12(20)17-15-19-18-14(22-15)10-6-3-2-4-7-10/h2-9H,1H3,(H,17,19,20). The number of nitrogens with zero attached hydrogens (tertiary/aromatic N) is 3. The number of amides is 1.